The predicted molar refractivity (Wildman–Crippen MR) is 94.3 cm³/mol. The number of hydrogen-bond donors (Lipinski definition) is 0. The molecule has 7 nitrogen and oxygen atoms in total. The lowest BCUT2D eigenvalue weighted by atomic mass is 10.1. The summed E-state index contributed by atoms with van der Waals surface area (Å²) in [5.41, 5.74) is 0.268. The highest BCUT2D eigenvalue weighted by Gasteiger charge is 2.17. The Bertz CT molecular complexity index is 1200. The molecule has 4 aromatic rings. The lowest BCUT2D eigenvalue weighted by Gasteiger charge is -2.02. The van der Waals surface area contributed by atoms with Crippen LogP contribution in [0.15, 0.2) is 56.2 Å². The first-order valence-corrected chi connectivity index (χ1v) is 7.89. The first-order chi connectivity index (χ1) is 13.1. The number of benzene rings is 2. The summed E-state index contributed by atoms with van der Waals surface area (Å²) in [6.07, 6.45) is 0. The van der Waals surface area contributed by atoms with Gasteiger partial charge < -0.3 is 18.4 Å². The third kappa shape index (κ3) is 3.01. The molecule has 0 saturated heterocycles. The van der Waals surface area contributed by atoms with Gasteiger partial charge in [-0.1, -0.05) is 5.16 Å². The number of aromatic nitrogens is 2. The molecule has 136 valence electrons. The number of fused-ring (bicyclic) bond motifs is 1. The molecule has 0 bridgehead atoms. The van der Waals surface area contributed by atoms with E-state index >= 15 is 0 Å². The molecule has 0 atom stereocenters. The molecule has 0 aliphatic carbocycles. The molecule has 0 aliphatic rings. The zero-order chi connectivity index (χ0) is 19.0. The van der Waals surface area contributed by atoms with E-state index in [1.807, 2.05) is 0 Å². The number of nitrogens with zero attached hydrogens (tertiary/aromatic N) is 2. The first kappa shape index (κ1) is 16.8. The van der Waals surface area contributed by atoms with E-state index in [0.717, 1.165) is 0 Å². The summed E-state index contributed by atoms with van der Waals surface area (Å²) in [6.45, 7) is 0. The van der Waals surface area contributed by atoms with Crippen LogP contribution in [0.4, 0.5) is 4.39 Å². The van der Waals surface area contributed by atoms with Gasteiger partial charge in [0.2, 0.25) is 5.82 Å². The Kier molecular flexibility index (Phi) is 4.08. The van der Waals surface area contributed by atoms with Gasteiger partial charge in [0, 0.05) is 10.9 Å². The van der Waals surface area contributed by atoms with Crippen LogP contribution >= 0.6 is 0 Å². The Morgan fingerprint density at radius 3 is 2.63 bits per heavy atom. The summed E-state index contributed by atoms with van der Waals surface area (Å²) < 4.78 is 34.4. The summed E-state index contributed by atoms with van der Waals surface area (Å²) in [6, 6.07) is 10.9. The van der Waals surface area contributed by atoms with E-state index in [-0.39, 0.29) is 23.0 Å². The third-order valence-electron chi connectivity index (χ3n) is 4.01. The van der Waals surface area contributed by atoms with Crippen LogP contribution in [0.1, 0.15) is 0 Å². The smallest absolute Gasteiger partial charge is 0.349 e. The molecule has 0 N–H and O–H groups in total. The van der Waals surface area contributed by atoms with Gasteiger partial charge in [0.15, 0.2) is 11.6 Å². The average molecular weight is 368 g/mol. The lowest BCUT2D eigenvalue weighted by molar-refractivity contribution is 0.386. The van der Waals surface area contributed by atoms with Crippen molar-refractivity contribution in [2.75, 3.05) is 14.2 Å². The summed E-state index contributed by atoms with van der Waals surface area (Å²) in [4.78, 5) is 16.5. The second kappa shape index (κ2) is 6.56. The molecule has 8 heteroatoms. The van der Waals surface area contributed by atoms with E-state index in [2.05, 4.69) is 10.1 Å². The van der Waals surface area contributed by atoms with Gasteiger partial charge in [-0.2, -0.15) is 4.98 Å². The van der Waals surface area contributed by atoms with Crippen LogP contribution in [-0.2, 0) is 0 Å². The van der Waals surface area contributed by atoms with Crippen molar-refractivity contribution >= 4 is 11.0 Å². The molecule has 0 saturated carbocycles. The second-order valence-electron chi connectivity index (χ2n) is 5.62. The van der Waals surface area contributed by atoms with Crippen molar-refractivity contribution in [3.63, 3.8) is 0 Å². The minimum atomic E-state index is -0.622. The number of methoxy groups -OCH3 is 2. The number of hydrogen-bond acceptors (Lipinski definition) is 7. The van der Waals surface area contributed by atoms with Gasteiger partial charge in [0.1, 0.15) is 16.9 Å². The lowest BCUT2D eigenvalue weighted by Crippen LogP contribution is -2.03. The molecule has 2 aromatic heterocycles. The van der Waals surface area contributed by atoms with Crippen LogP contribution < -0.4 is 15.1 Å². The average Bonchev–Trinajstić information content (AvgIpc) is 3.17. The molecule has 4 rings (SSSR count). The van der Waals surface area contributed by atoms with E-state index in [0.29, 0.717) is 22.3 Å². The number of ether oxygens (including phenoxy) is 2. The Labute approximate surface area is 152 Å². The first-order valence-electron chi connectivity index (χ1n) is 7.89. The third-order valence-corrected chi connectivity index (χ3v) is 4.01. The normalized spacial score (nSPS) is 10.9. The molecule has 2 heterocycles. The highest BCUT2D eigenvalue weighted by molar-refractivity contribution is 5.81. The van der Waals surface area contributed by atoms with Gasteiger partial charge in [-0.25, -0.2) is 9.18 Å². The maximum absolute atomic E-state index is 13.9. The second-order valence-corrected chi connectivity index (χ2v) is 5.62. The topological polar surface area (TPSA) is 87.6 Å². The summed E-state index contributed by atoms with van der Waals surface area (Å²) >= 11 is 0. The van der Waals surface area contributed by atoms with Crippen LogP contribution in [0, 0.1) is 5.82 Å². The largest absolute Gasteiger partial charge is 0.497 e. The van der Waals surface area contributed by atoms with Gasteiger partial charge in [0.25, 0.3) is 5.89 Å². The Morgan fingerprint density at radius 2 is 1.89 bits per heavy atom. The Hall–Kier alpha value is -3.68. The summed E-state index contributed by atoms with van der Waals surface area (Å²) in [5.74, 6) is 0.267. The van der Waals surface area contributed by atoms with Crippen molar-refractivity contribution < 1.29 is 22.8 Å². The van der Waals surface area contributed by atoms with Crippen LogP contribution in [0.5, 0.6) is 11.5 Å². The fraction of sp³-hybridized carbons (Fsp3) is 0.105. The summed E-state index contributed by atoms with van der Waals surface area (Å²) in [5, 5.41) is 4.45. The predicted octanol–water partition coefficient (Wildman–Crippen LogP) is 3.67. The maximum Gasteiger partial charge on any atom is 0.349 e. The van der Waals surface area contributed by atoms with E-state index in [1.54, 1.807) is 37.4 Å². The van der Waals surface area contributed by atoms with Crippen LogP contribution in [0.2, 0.25) is 0 Å². The zero-order valence-electron chi connectivity index (χ0n) is 14.4. The molecule has 0 aliphatic heterocycles. The molecule has 0 fully saturated rings. The molecular formula is C19H13FN2O5. The van der Waals surface area contributed by atoms with Gasteiger partial charge in [-0.15, -0.1) is 0 Å². The molecule has 2 aromatic carbocycles. The van der Waals surface area contributed by atoms with E-state index in [9.17, 15) is 9.18 Å². The minimum absolute atomic E-state index is 0.0281. The molecule has 0 spiro atoms. The van der Waals surface area contributed by atoms with E-state index in [4.69, 9.17) is 18.4 Å². The molecule has 0 amide bonds. The van der Waals surface area contributed by atoms with Gasteiger partial charge in [-0.05, 0) is 42.5 Å². The zero-order valence-corrected chi connectivity index (χ0v) is 14.4. The fourth-order valence-electron chi connectivity index (χ4n) is 2.63. The maximum atomic E-state index is 13.9. The molecule has 0 radical (unpaired) electrons. The quantitative estimate of drug-likeness (QED) is 0.508. The molecule has 27 heavy (non-hydrogen) atoms. The minimum Gasteiger partial charge on any atom is -0.497 e. The fourth-order valence-corrected chi connectivity index (χ4v) is 2.63. The monoisotopic (exact) mass is 368 g/mol. The van der Waals surface area contributed by atoms with E-state index in [1.165, 1.54) is 19.2 Å². The van der Waals surface area contributed by atoms with Crippen molar-refractivity contribution in [2.24, 2.45) is 0 Å². The number of rotatable bonds is 4. The van der Waals surface area contributed by atoms with Crippen LogP contribution in [0.25, 0.3) is 33.8 Å². The Balaban J connectivity index is 1.77. The SMILES string of the molecule is COc1ccc2oc(=O)c(-c3nc(-c4ccc(OC)c(F)c4)no3)cc2c1. The van der Waals surface area contributed by atoms with Crippen molar-refractivity contribution in [3.05, 3.63) is 58.7 Å². The highest BCUT2D eigenvalue weighted by atomic mass is 19.1. The van der Waals surface area contributed by atoms with Crippen molar-refractivity contribution in [2.45, 2.75) is 0 Å². The van der Waals surface area contributed by atoms with Gasteiger partial charge in [0.05, 0.1) is 14.2 Å². The molecule has 0 unspecified atom stereocenters. The number of halogens is 1. The summed E-state index contributed by atoms with van der Waals surface area (Å²) in [7, 11) is 2.91. The van der Waals surface area contributed by atoms with Crippen molar-refractivity contribution in [3.8, 4) is 34.3 Å². The van der Waals surface area contributed by atoms with Crippen LogP contribution in [0.3, 0.4) is 0 Å². The van der Waals surface area contributed by atoms with Crippen molar-refractivity contribution in [1.82, 2.24) is 10.1 Å². The van der Waals surface area contributed by atoms with Crippen molar-refractivity contribution in [1.29, 1.82) is 0 Å². The van der Waals surface area contributed by atoms with Gasteiger partial charge in [-0.3, -0.25) is 0 Å². The van der Waals surface area contributed by atoms with E-state index < -0.39 is 11.4 Å². The highest BCUT2D eigenvalue weighted by Crippen LogP contribution is 2.27. The Morgan fingerprint density at radius 1 is 1.04 bits per heavy atom. The van der Waals surface area contributed by atoms with Gasteiger partial charge >= 0.3 is 5.63 Å². The standard InChI is InChI=1S/C19H13FN2O5/c1-24-12-4-6-15-11(7-12)8-13(19(23)26-15)18-21-17(22-27-18)10-3-5-16(25-2)14(20)9-10/h3-9H,1-2H3. The molecular weight excluding hydrogens is 355 g/mol. The van der Waals surface area contributed by atoms with Crippen LogP contribution in [-0.4, -0.2) is 24.4 Å².